The Morgan fingerprint density at radius 3 is 2.69 bits per heavy atom. The molecule has 1 aliphatic rings. The topological polar surface area (TPSA) is 0 Å². The van der Waals surface area contributed by atoms with E-state index in [4.69, 9.17) is 0 Å². The zero-order valence-corrected chi connectivity index (χ0v) is 12.5. The number of aryl methyl sites for hydroxylation is 2. The molecule has 1 unspecified atom stereocenters. The highest BCUT2D eigenvalue weighted by atomic mass is 127. The maximum Gasteiger partial charge on any atom is 0.0150 e. The zero-order valence-electron chi connectivity index (χ0n) is 10.3. The lowest BCUT2D eigenvalue weighted by atomic mass is 9.83. The monoisotopic (exact) mass is 326 g/mol. The van der Waals surface area contributed by atoms with Crippen molar-refractivity contribution in [2.45, 2.75) is 46.0 Å². The highest BCUT2D eigenvalue weighted by Crippen LogP contribution is 2.42. The van der Waals surface area contributed by atoms with Crippen LogP contribution >= 0.6 is 22.6 Å². The van der Waals surface area contributed by atoms with Crippen LogP contribution in [0.2, 0.25) is 0 Å². The Morgan fingerprint density at radius 1 is 1.19 bits per heavy atom. The second kappa shape index (κ2) is 4.91. The molecule has 0 nitrogen and oxygen atoms in total. The standard InChI is InChI=1S/C15H19I/c1-10-7-8-11(2)14(9-10)13-6-4-5-12(3)15(13)16/h7-9,13H,4-6H2,1-3H3. The van der Waals surface area contributed by atoms with E-state index < -0.39 is 0 Å². The van der Waals surface area contributed by atoms with Gasteiger partial charge in [-0.05, 0) is 77.3 Å². The fraction of sp³-hybridized carbons (Fsp3) is 0.467. The van der Waals surface area contributed by atoms with E-state index in [0.717, 1.165) is 0 Å². The highest BCUT2D eigenvalue weighted by Gasteiger charge is 2.22. The molecule has 86 valence electrons. The van der Waals surface area contributed by atoms with Crippen LogP contribution in [-0.2, 0) is 0 Å². The molecule has 0 N–H and O–H groups in total. The fourth-order valence-corrected chi connectivity index (χ4v) is 3.46. The van der Waals surface area contributed by atoms with Crippen LogP contribution in [-0.4, -0.2) is 0 Å². The quantitative estimate of drug-likeness (QED) is 0.616. The molecule has 0 radical (unpaired) electrons. The second-order valence-corrected chi connectivity index (χ2v) is 6.10. The summed E-state index contributed by atoms with van der Waals surface area (Å²) in [5.74, 6) is 0.661. The van der Waals surface area contributed by atoms with Crippen LogP contribution in [0.15, 0.2) is 27.4 Å². The van der Waals surface area contributed by atoms with Crippen LogP contribution in [0.5, 0.6) is 0 Å². The number of rotatable bonds is 1. The van der Waals surface area contributed by atoms with Crippen molar-refractivity contribution < 1.29 is 0 Å². The van der Waals surface area contributed by atoms with E-state index in [1.165, 1.54) is 30.4 Å². The molecular formula is C15H19I. The lowest BCUT2D eigenvalue weighted by Crippen LogP contribution is -2.08. The summed E-state index contributed by atoms with van der Waals surface area (Å²) in [4.78, 5) is 0. The maximum absolute atomic E-state index is 2.56. The van der Waals surface area contributed by atoms with E-state index in [9.17, 15) is 0 Å². The molecule has 0 spiro atoms. The van der Waals surface area contributed by atoms with Crippen molar-refractivity contribution in [3.8, 4) is 0 Å². The second-order valence-electron chi connectivity index (χ2n) is 4.93. The Morgan fingerprint density at radius 2 is 1.94 bits per heavy atom. The highest BCUT2D eigenvalue weighted by molar-refractivity contribution is 14.1. The van der Waals surface area contributed by atoms with Crippen LogP contribution in [0.1, 0.15) is 48.8 Å². The molecule has 16 heavy (non-hydrogen) atoms. The van der Waals surface area contributed by atoms with Crippen LogP contribution in [0, 0.1) is 13.8 Å². The van der Waals surface area contributed by atoms with Gasteiger partial charge in [0.05, 0.1) is 0 Å². The minimum atomic E-state index is 0.661. The molecular weight excluding hydrogens is 307 g/mol. The summed E-state index contributed by atoms with van der Waals surface area (Å²) < 4.78 is 1.58. The summed E-state index contributed by atoms with van der Waals surface area (Å²) in [6.45, 7) is 6.72. The Hall–Kier alpha value is -0.310. The fourth-order valence-electron chi connectivity index (χ4n) is 2.54. The summed E-state index contributed by atoms with van der Waals surface area (Å²) in [5, 5.41) is 0. The number of hydrogen-bond donors (Lipinski definition) is 0. The molecule has 0 aliphatic heterocycles. The molecule has 0 bridgehead atoms. The third-order valence-corrected chi connectivity index (χ3v) is 5.24. The van der Waals surface area contributed by atoms with Gasteiger partial charge >= 0.3 is 0 Å². The zero-order chi connectivity index (χ0) is 11.7. The minimum Gasteiger partial charge on any atom is -0.0634 e. The van der Waals surface area contributed by atoms with Gasteiger partial charge in [0.15, 0.2) is 0 Å². The van der Waals surface area contributed by atoms with Crippen molar-refractivity contribution in [1.29, 1.82) is 0 Å². The van der Waals surface area contributed by atoms with Crippen LogP contribution in [0.25, 0.3) is 0 Å². The molecule has 2 rings (SSSR count). The molecule has 1 aromatic rings. The first-order valence-electron chi connectivity index (χ1n) is 6.02. The van der Waals surface area contributed by atoms with Crippen LogP contribution in [0.3, 0.4) is 0 Å². The van der Waals surface area contributed by atoms with Gasteiger partial charge in [0.25, 0.3) is 0 Å². The molecule has 1 atom stereocenters. The van der Waals surface area contributed by atoms with Gasteiger partial charge in [-0.15, -0.1) is 0 Å². The Balaban J connectivity index is 2.44. The molecule has 0 saturated heterocycles. The maximum atomic E-state index is 2.56. The Kier molecular flexibility index (Phi) is 3.73. The molecule has 0 saturated carbocycles. The van der Waals surface area contributed by atoms with Gasteiger partial charge in [-0.3, -0.25) is 0 Å². The van der Waals surface area contributed by atoms with Gasteiger partial charge in [0.2, 0.25) is 0 Å². The molecule has 1 aromatic carbocycles. The smallest absolute Gasteiger partial charge is 0.0150 e. The largest absolute Gasteiger partial charge is 0.0634 e. The molecule has 1 aliphatic carbocycles. The van der Waals surface area contributed by atoms with Gasteiger partial charge in [-0.1, -0.05) is 29.3 Å². The normalized spacial score (nSPS) is 21.4. The van der Waals surface area contributed by atoms with Crippen LogP contribution in [0.4, 0.5) is 0 Å². The summed E-state index contributed by atoms with van der Waals surface area (Å²) in [6.07, 6.45) is 3.95. The average Bonchev–Trinajstić information content (AvgIpc) is 2.26. The number of allylic oxidation sites excluding steroid dienone is 2. The van der Waals surface area contributed by atoms with Crippen molar-refractivity contribution in [2.24, 2.45) is 0 Å². The number of hydrogen-bond acceptors (Lipinski definition) is 0. The Labute approximate surface area is 112 Å². The lowest BCUT2D eigenvalue weighted by Gasteiger charge is -2.26. The van der Waals surface area contributed by atoms with Crippen molar-refractivity contribution in [3.63, 3.8) is 0 Å². The van der Waals surface area contributed by atoms with E-state index in [1.807, 2.05) is 0 Å². The molecule has 0 aromatic heterocycles. The van der Waals surface area contributed by atoms with Crippen molar-refractivity contribution in [3.05, 3.63) is 44.0 Å². The first-order valence-corrected chi connectivity index (χ1v) is 7.09. The summed E-state index contributed by atoms with van der Waals surface area (Å²) in [6, 6.07) is 6.85. The van der Waals surface area contributed by atoms with E-state index in [2.05, 4.69) is 61.6 Å². The summed E-state index contributed by atoms with van der Waals surface area (Å²) in [7, 11) is 0. The third-order valence-electron chi connectivity index (χ3n) is 3.57. The molecule has 0 fully saturated rings. The van der Waals surface area contributed by atoms with Crippen molar-refractivity contribution in [2.75, 3.05) is 0 Å². The third kappa shape index (κ3) is 2.34. The van der Waals surface area contributed by atoms with Crippen molar-refractivity contribution >= 4 is 22.6 Å². The van der Waals surface area contributed by atoms with Gasteiger partial charge < -0.3 is 0 Å². The SMILES string of the molecule is CC1=C(I)C(c2cc(C)ccc2C)CCC1. The van der Waals surface area contributed by atoms with Crippen LogP contribution < -0.4 is 0 Å². The Bertz CT molecular complexity index is 429. The number of halogens is 1. The van der Waals surface area contributed by atoms with Gasteiger partial charge in [0, 0.05) is 5.92 Å². The van der Waals surface area contributed by atoms with Gasteiger partial charge in [0.1, 0.15) is 0 Å². The minimum absolute atomic E-state index is 0.661. The first-order chi connectivity index (χ1) is 7.59. The molecule has 0 amide bonds. The average molecular weight is 326 g/mol. The van der Waals surface area contributed by atoms with Crippen molar-refractivity contribution in [1.82, 2.24) is 0 Å². The predicted octanol–water partition coefficient (Wildman–Crippen LogP) is 5.28. The van der Waals surface area contributed by atoms with Gasteiger partial charge in [-0.2, -0.15) is 0 Å². The number of benzene rings is 1. The van der Waals surface area contributed by atoms with E-state index in [-0.39, 0.29) is 0 Å². The lowest BCUT2D eigenvalue weighted by molar-refractivity contribution is 0.627. The first kappa shape index (κ1) is 12.2. The summed E-state index contributed by atoms with van der Waals surface area (Å²) in [5.41, 5.74) is 5.97. The summed E-state index contributed by atoms with van der Waals surface area (Å²) >= 11 is 2.56. The predicted molar refractivity (Wildman–Crippen MR) is 79.2 cm³/mol. The van der Waals surface area contributed by atoms with E-state index in [0.29, 0.717) is 5.92 Å². The molecule has 1 heteroatoms. The van der Waals surface area contributed by atoms with E-state index in [1.54, 1.807) is 14.7 Å². The molecule has 0 heterocycles. The van der Waals surface area contributed by atoms with E-state index >= 15 is 0 Å². The van der Waals surface area contributed by atoms with Gasteiger partial charge in [-0.25, -0.2) is 0 Å².